The van der Waals surface area contributed by atoms with Crippen LogP contribution >= 0.6 is 12.6 Å². The Hall–Kier alpha value is -1.18. The Labute approximate surface area is 97.7 Å². The highest BCUT2D eigenvalue weighted by atomic mass is 32.1. The monoisotopic (exact) mass is 240 g/mol. The van der Waals surface area contributed by atoms with Crippen molar-refractivity contribution in [3.63, 3.8) is 0 Å². The molecule has 2 heterocycles. The molecular formula is C9H12N4O2S. The van der Waals surface area contributed by atoms with Crippen LogP contribution in [0.2, 0.25) is 0 Å². The molecule has 0 fully saturated rings. The highest BCUT2D eigenvalue weighted by Crippen LogP contribution is 2.16. The molecule has 2 aromatic rings. The van der Waals surface area contributed by atoms with Gasteiger partial charge in [0.05, 0.1) is 19.5 Å². The van der Waals surface area contributed by atoms with Crippen molar-refractivity contribution in [1.29, 1.82) is 0 Å². The van der Waals surface area contributed by atoms with E-state index in [1.54, 1.807) is 17.8 Å². The number of imidazole rings is 1. The van der Waals surface area contributed by atoms with E-state index in [0.29, 0.717) is 28.7 Å². The van der Waals surface area contributed by atoms with Gasteiger partial charge in [-0.2, -0.15) is 0 Å². The molecule has 0 atom stereocenters. The first kappa shape index (κ1) is 11.3. The van der Waals surface area contributed by atoms with Crippen LogP contribution in [0.3, 0.4) is 0 Å². The number of fused-ring (bicyclic) bond motifs is 1. The molecule has 0 bridgehead atoms. The first-order chi connectivity index (χ1) is 7.72. The Kier molecular flexibility index (Phi) is 3.37. The zero-order valence-corrected chi connectivity index (χ0v) is 9.68. The number of thiol groups is 1. The van der Waals surface area contributed by atoms with E-state index in [4.69, 9.17) is 9.84 Å². The molecule has 0 amide bonds. The summed E-state index contributed by atoms with van der Waals surface area (Å²) in [5.74, 6) is 0.640. The summed E-state index contributed by atoms with van der Waals surface area (Å²) in [6.45, 7) is 2.39. The third kappa shape index (κ3) is 2.16. The van der Waals surface area contributed by atoms with Crippen LogP contribution in [0, 0.1) is 6.92 Å². The van der Waals surface area contributed by atoms with Gasteiger partial charge in [0.1, 0.15) is 23.1 Å². The zero-order valence-electron chi connectivity index (χ0n) is 8.79. The minimum Gasteiger partial charge on any atom is -0.394 e. The molecule has 16 heavy (non-hydrogen) atoms. The van der Waals surface area contributed by atoms with Gasteiger partial charge in [0.25, 0.3) is 0 Å². The number of hydrogen-bond acceptors (Lipinski definition) is 6. The van der Waals surface area contributed by atoms with Crippen LogP contribution in [-0.2, 0) is 11.5 Å². The number of aliphatic hydroxyl groups is 1. The molecule has 0 unspecified atom stereocenters. The Morgan fingerprint density at radius 3 is 3.06 bits per heavy atom. The Morgan fingerprint density at radius 1 is 1.50 bits per heavy atom. The summed E-state index contributed by atoms with van der Waals surface area (Å²) in [5, 5.41) is 9.17. The maximum atomic E-state index is 8.61. The Morgan fingerprint density at radius 2 is 2.31 bits per heavy atom. The summed E-state index contributed by atoms with van der Waals surface area (Å²) in [6, 6.07) is 0. The average Bonchev–Trinajstić information content (AvgIpc) is 2.62. The first-order valence-electron chi connectivity index (χ1n) is 4.79. The van der Waals surface area contributed by atoms with Crippen LogP contribution in [0.4, 0.5) is 0 Å². The van der Waals surface area contributed by atoms with Crippen molar-refractivity contribution in [3.05, 3.63) is 12.2 Å². The second-order valence-corrected chi connectivity index (χ2v) is 3.67. The van der Waals surface area contributed by atoms with Gasteiger partial charge >= 0.3 is 0 Å². The number of ether oxygens (including phenoxy) is 1. The Balaban J connectivity index is 2.32. The van der Waals surface area contributed by atoms with Crippen LogP contribution in [0.1, 0.15) is 5.82 Å². The van der Waals surface area contributed by atoms with E-state index in [-0.39, 0.29) is 13.2 Å². The van der Waals surface area contributed by atoms with E-state index < -0.39 is 0 Å². The number of aliphatic hydroxyl groups excluding tert-OH is 1. The SMILES string of the molecule is Cc1nc(S)c2ncn(COCCO)c2n1. The molecule has 0 radical (unpaired) electrons. The molecule has 0 aliphatic rings. The van der Waals surface area contributed by atoms with Gasteiger partial charge < -0.3 is 9.84 Å². The molecule has 0 spiro atoms. The normalized spacial score (nSPS) is 11.2. The summed E-state index contributed by atoms with van der Waals surface area (Å²) in [6.07, 6.45) is 1.62. The van der Waals surface area contributed by atoms with Crippen molar-refractivity contribution in [2.24, 2.45) is 0 Å². The number of aromatic nitrogens is 4. The molecular weight excluding hydrogens is 228 g/mol. The van der Waals surface area contributed by atoms with E-state index >= 15 is 0 Å². The number of hydrogen-bond donors (Lipinski definition) is 2. The van der Waals surface area contributed by atoms with Gasteiger partial charge in [-0.25, -0.2) is 15.0 Å². The van der Waals surface area contributed by atoms with Gasteiger partial charge in [-0.05, 0) is 6.92 Å². The van der Waals surface area contributed by atoms with Gasteiger partial charge in [0.15, 0.2) is 5.65 Å². The lowest BCUT2D eigenvalue weighted by molar-refractivity contribution is 0.0499. The van der Waals surface area contributed by atoms with Gasteiger partial charge in [-0.3, -0.25) is 4.57 Å². The van der Waals surface area contributed by atoms with Crippen LogP contribution < -0.4 is 0 Å². The largest absolute Gasteiger partial charge is 0.394 e. The second kappa shape index (κ2) is 4.77. The van der Waals surface area contributed by atoms with E-state index in [9.17, 15) is 0 Å². The molecule has 6 nitrogen and oxygen atoms in total. The molecule has 0 aromatic carbocycles. The van der Waals surface area contributed by atoms with Crippen molar-refractivity contribution in [3.8, 4) is 0 Å². The van der Waals surface area contributed by atoms with Crippen molar-refractivity contribution >= 4 is 23.8 Å². The van der Waals surface area contributed by atoms with Gasteiger partial charge in [0, 0.05) is 0 Å². The molecule has 2 aromatic heterocycles. The summed E-state index contributed by atoms with van der Waals surface area (Å²) in [4.78, 5) is 12.5. The van der Waals surface area contributed by atoms with E-state index in [0.717, 1.165) is 0 Å². The second-order valence-electron chi connectivity index (χ2n) is 3.24. The minimum absolute atomic E-state index is 0.00153. The number of nitrogens with zero attached hydrogens (tertiary/aromatic N) is 4. The third-order valence-corrected chi connectivity index (χ3v) is 2.34. The third-order valence-electron chi connectivity index (χ3n) is 2.02. The lowest BCUT2D eigenvalue weighted by Gasteiger charge is -2.04. The van der Waals surface area contributed by atoms with Crippen LogP contribution in [0.15, 0.2) is 11.4 Å². The molecule has 0 saturated carbocycles. The fourth-order valence-electron chi connectivity index (χ4n) is 1.36. The van der Waals surface area contributed by atoms with Gasteiger partial charge in [0.2, 0.25) is 0 Å². The van der Waals surface area contributed by atoms with Crippen LogP contribution in [0.5, 0.6) is 0 Å². The van der Waals surface area contributed by atoms with E-state index in [1.807, 2.05) is 0 Å². The molecule has 2 rings (SSSR count). The predicted molar refractivity (Wildman–Crippen MR) is 60.3 cm³/mol. The van der Waals surface area contributed by atoms with Crippen molar-refractivity contribution < 1.29 is 9.84 Å². The van der Waals surface area contributed by atoms with Crippen molar-refractivity contribution in [2.75, 3.05) is 13.2 Å². The first-order valence-corrected chi connectivity index (χ1v) is 5.24. The number of aryl methyl sites for hydroxylation is 1. The maximum Gasteiger partial charge on any atom is 0.166 e. The smallest absolute Gasteiger partial charge is 0.166 e. The van der Waals surface area contributed by atoms with E-state index in [1.165, 1.54) is 0 Å². The molecule has 7 heteroatoms. The molecule has 1 N–H and O–H groups in total. The lowest BCUT2D eigenvalue weighted by Crippen LogP contribution is -2.06. The predicted octanol–water partition coefficient (Wildman–Crippen LogP) is 0.390. The minimum atomic E-state index is -0.00153. The summed E-state index contributed by atoms with van der Waals surface area (Å²) in [7, 11) is 0. The van der Waals surface area contributed by atoms with E-state index in [2.05, 4.69) is 27.6 Å². The highest BCUT2D eigenvalue weighted by molar-refractivity contribution is 7.80. The Bertz CT molecular complexity index is 499. The fraction of sp³-hybridized carbons (Fsp3) is 0.444. The van der Waals surface area contributed by atoms with Crippen molar-refractivity contribution in [2.45, 2.75) is 18.7 Å². The summed E-state index contributed by atoms with van der Waals surface area (Å²) >= 11 is 4.24. The van der Waals surface area contributed by atoms with Gasteiger partial charge in [-0.1, -0.05) is 0 Å². The van der Waals surface area contributed by atoms with Gasteiger partial charge in [-0.15, -0.1) is 12.6 Å². The number of rotatable bonds is 4. The van der Waals surface area contributed by atoms with Crippen LogP contribution in [-0.4, -0.2) is 37.8 Å². The molecule has 0 aliphatic heterocycles. The van der Waals surface area contributed by atoms with Crippen LogP contribution in [0.25, 0.3) is 11.2 Å². The highest BCUT2D eigenvalue weighted by Gasteiger charge is 2.08. The lowest BCUT2D eigenvalue weighted by atomic mass is 10.5. The standard InChI is InChI=1S/C9H12N4O2S/c1-6-11-8-7(9(16)12-6)10-4-13(8)5-15-3-2-14/h4,14H,2-3,5H2,1H3,(H,11,12,16). The average molecular weight is 240 g/mol. The molecule has 86 valence electrons. The summed E-state index contributed by atoms with van der Waals surface area (Å²) in [5.41, 5.74) is 1.34. The summed E-state index contributed by atoms with van der Waals surface area (Å²) < 4.78 is 6.95. The molecule has 0 aliphatic carbocycles. The topological polar surface area (TPSA) is 73.1 Å². The maximum absolute atomic E-state index is 8.61. The van der Waals surface area contributed by atoms with Crippen molar-refractivity contribution in [1.82, 2.24) is 19.5 Å². The molecule has 0 saturated heterocycles. The fourth-order valence-corrected chi connectivity index (χ4v) is 1.66. The zero-order chi connectivity index (χ0) is 11.5. The quantitative estimate of drug-likeness (QED) is 0.459.